The van der Waals surface area contributed by atoms with Crippen LogP contribution in [0.1, 0.15) is 39.7 Å². The van der Waals surface area contributed by atoms with Gasteiger partial charge in [0.25, 0.3) is 0 Å². The van der Waals surface area contributed by atoms with Crippen molar-refractivity contribution in [1.29, 1.82) is 0 Å². The van der Waals surface area contributed by atoms with Crippen LogP contribution in [-0.2, 0) is 11.2 Å². The van der Waals surface area contributed by atoms with Gasteiger partial charge in [-0.25, -0.2) is 0 Å². The summed E-state index contributed by atoms with van der Waals surface area (Å²) < 4.78 is 1.00. The summed E-state index contributed by atoms with van der Waals surface area (Å²) >= 11 is 3.36. The molecule has 90 valence electrons. The second-order valence-electron chi connectivity index (χ2n) is 2.85. The van der Waals surface area contributed by atoms with Gasteiger partial charge in [-0.05, 0) is 24.1 Å². The summed E-state index contributed by atoms with van der Waals surface area (Å²) in [7, 11) is 0. The molecule has 0 aliphatic carbocycles. The van der Waals surface area contributed by atoms with Crippen molar-refractivity contribution in [2.24, 2.45) is 0 Å². The summed E-state index contributed by atoms with van der Waals surface area (Å²) in [5.74, 6) is 0.112. The standard InChI is InChI=1S/C9H8BrNO.2C2H6/c10-7-3-1-6-2-4-9(12)11-8(6)5-7;2*1-2/h1,3,5H,2,4H2,(H,11,12);2*1-2H3. The van der Waals surface area contributed by atoms with Crippen molar-refractivity contribution < 1.29 is 4.79 Å². The molecule has 1 aromatic carbocycles. The third-order valence-corrected chi connectivity index (χ3v) is 2.46. The molecule has 0 atom stereocenters. The smallest absolute Gasteiger partial charge is 0.224 e. The van der Waals surface area contributed by atoms with Crippen molar-refractivity contribution in [3.05, 3.63) is 28.2 Å². The number of halogens is 1. The van der Waals surface area contributed by atoms with E-state index in [2.05, 4.69) is 21.2 Å². The third-order valence-electron chi connectivity index (χ3n) is 1.97. The van der Waals surface area contributed by atoms with E-state index in [0.717, 1.165) is 16.6 Å². The maximum atomic E-state index is 11.0. The first-order valence-corrected chi connectivity index (χ1v) is 6.63. The van der Waals surface area contributed by atoms with Crippen LogP contribution in [0.15, 0.2) is 22.7 Å². The molecule has 1 heterocycles. The van der Waals surface area contributed by atoms with Crippen LogP contribution in [0.3, 0.4) is 0 Å². The minimum absolute atomic E-state index is 0.112. The van der Waals surface area contributed by atoms with E-state index in [1.165, 1.54) is 5.56 Å². The van der Waals surface area contributed by atoms with Gasteiger partial charge in [0.1, 0.15) is 0 Å². The second-order valence-corrected chi connectivity index (χ2v) is 3.77. The van der Waals surface area contributed by atoms with Crippen LogP contribution in [0.4, 0.5) is 5.69 Å². The fourth-order valence-electron chi connectivity index (χ4n) is 1.34. The molecule has 1 aromatic rings. The van der Waals surface area contributed by atoms with Gasteiger partial charge in [0, 0.05) is 16.6 Å². The van der Waals surface area contributed by atoms with Crippen LogP contribution in [0, 0.1) is 0 Å². The molecular weight excluding hydrogens is 266 g/mol. The lowest BCUT2D eigenvalue weighted by molar-refractivity contribution is -0.116. The Kier molecular flexibility index (Phi) is 7.90. The Morgan fingerprint density at radius 2 is 1.75 bits per heavy atom. The highest BCUT2D eigenvalue weighted by Gasteiger charge is 2.13. The van der Waals surface area contributed by atoms with Gasteiger partial charge in [0.05, 0.1) is 0 Å². The molecule has 16 heavy (non-hydrogen) atoms. The van der Waals surface area contributed by atoms with E-state index in [1.54, 1.807) is 0 Å². The van der Waals surface area contributed by atoms with Crippen molar-refractivity contribution in [1.82, 2.24) is 0 Å². The number of carbonyl (C=O) groups excluding carboxylic acids is 1. The molecule has 0 spiro atoms. The maximum absolute atomic E-state index is 11.0. The number of benzene rings is 1. The molecule has 3 heteroatoms. The molecule has 2 rings (SSSR count). The van der Waals surface area contributed by atoms with Crippen molar-refractivity contribution in [2.75, 3.05) is 5.32 Å². The second kappa shape index (κ2) is 8.34. The van der Waals surface area contributed by atoms with Gasteiger partial charge in [-0.15, -0.1) is 0 Å². The molecule has 0 bridgehead atoms. The van der Waals surface area contributed by atoms with Gasteiger partial charge in [-0.3, -0.25) is 4.79 Å². The zero-order valence-corrected chi connectivity index (χ0v) is 12.0. The fraction of sp³-hybridized carbons (Fsp3) is 0.462. The average Bonchev–Trinajstić information content (AvgIpc) is 2.33. The predicted molar refractivity (Wildman–Crippen MR) is 73.8 cm³/mol. The molecular formula is C13H20BrNO. The average molecular weight is 286 g/mol. The first-order chi connectivity index (χ1) is 7.75. The Labute approximate surface area is 107 Å². The van der Waals surface area contributed by atoms with Gasteiger partial charge in [0.15, 0.2) is 0 Å². The van der Waals surface area contributed by atoms with Gasteiger partial charge >= 0.3 is 0 Å². The van der Waals surface area contributed by atoms with Gasteiger partial charge in [-0.2, -0.15) is 0 Å². The molecule has 0 fully saturated rings. The molecule has 1 aliphatic heterocycles. The Balaban J connectivity index is 0.000000509. The van der Waals surface area contributed by atoms with E-state index < -0.39 is 0 Å². The minimum Gasteiger partial charge on any atom is -0.326 e. The zero-order valence-electron chi connectivity index (χ0n) is 10.4. The number of hydrogen-bond acceptors (Lipinski definition) is 1. The normalized spacial score (nSPS) is 12.2. The molecule has 1 N–H and O–H groups in total. The molecule has 0 unspecified atom stereocenters. The summed E-state index contributed by atoms with van der Waals surface area (Å²) in [6.07, 6.45) is 1.46. The van der Waals surface area contributed by atoms with E-state index in [9.17, 15) is 4.79 Å². The lowest BCUT2D eigenvalue weighted by Gasteiger charge is -2.16. The van der Waals surface area contributed by atoms with E-state index in [-0.39, 0.29) is 5.91 Å². The Morgan fingerprint density at radius 1 is 1.12 bits per heavy atom. The number of amides is 1. The number of nitrogens with one attached hydrogen (secondary N) is 1. The molecule has 1 amide bonds. The molecule has 1 aliphatic rings. The summed E-state index contributed by atoms with van der Waals surface area (Å²) in [6.45, 7) is 8.00. The first-order valence-electron chi connectivity index (χ1n) is 5.84. The minimum atomic E-state index is 0.112. The lowest BCUT2D eigenvalue weighted by Crippen LogP contribution is -2.18. The van der Waals surface area contributed by atoms with Crippen molar-refractivity contribution in [2.45, 2.75) is 40.5 Å². The maximum Gasteiger partial charge on any atom is 0.224 e. The predicted octanol–water partition coefficient (Wildman–Crippen LogP) is 4.39. The van der Waals surface area contributed by atoms with E-state index in [0.29, 0.717) is 6.42 Å². The zero-order chi connectivity index (χ0) is 12.6. The third kappa shape index (κ3) is 4.35. The number of rotatable bonds is 0. The molecule has 0 saturated heterocycles. The SMILES string of the molecule is CC.CC.O=C1CCc2ccc(Br)cc2N1. The quantitative estimate of drug-likeness (QED) is 0.753. The van der Waals surface area contributed by atoms with Crippen molar-refractivity contribution in [3.8, 4) is 0 Å². The van der Waals surface area contributed by atoms with Crippen LogP contribution < -0.4 is 5.32 Å². The molecule has 0 aromatic heterocycles. The fourth-order valence-corrected chi connectivity index (χ4v) is 1.71. The van der Waals surface area contributed by atoms with Crippen LogP contribution in [-0.4, -0.2) is 5.91 Å². The number of anilines is 1. The Morgan fingerprint density at radius 3 is 2.38 bits per heavy atom. The van der Waals surface area contributed by atoms with Crippen LogP contribution in [0.25, 0.3) is 0 Å². The Hall–Kier alpha value is -0.830. The van der Waals surface area contributed by atoms with Gasteiger partial charge in [-0.1, -0.05) is 49.7 Å². The van der Waals surface area contributed by atoms with E-state index >= 15 is 0 Å². The lowest BCUT2D eigenvalue weighted by atomic mass is 10.0. The highest BCUT2D eigenvalue weighted by Crippen LogP contribution is 2.25. The summed E-state index contributed by atoms with van der Waals surface area (Å²) in [5.41, 5.74) is 2.17. The van der Waals surface area contributed by atoms with Crippen LogP contribution >= 0.6 is 15.9 Å². The monoisotopic (exact) mass is 285 g/mol. The topological polar surface area (TPSA) is 29.1 Å². The van der Waals surface area contributed by atoms with Gasteiger partial charge < -0.3 is 5.32 Å². The summed E-state index contributed by atoms with van der Waals surface area (Å²) in [5, 5.41) is 2.83. The van der Waals surface area contributed by atoms with Gasteiger partial charge in [0.2, 0.25) is 5.91 Å². The van der Waals surface area contributed by atoms with E-state index in [4.69, 9.17) is 0 Å². The Bertz CT molecular complexity index is 337. The molecule has 2 nitrogen and oxygen atoms in total. The number of fused-ring (bicyclic) bond motifs is 1. The van der Waals surface area contributed by atoms with Crippen LogP contribution in [0.5, 0.6) is 0 Å². The van der Waals surface area contributed by atoms with E-state index in [1.807, 2.05) is 45.9 Å². The van der Waals surface area contributed by atoms with Crippen LogP contribution in [0.2, 0.25) is 0 Å². The van der Waals surface area contributed by atoms with Crippen molar-refractivity contribution >= 4 is 27.5 Å². The number of carbonyl (C=O) groups is 1. The highest BCUT2D eigenvalue weighted by molar-refractivity contribution is 9.10. The van der Waals surface area contributed by atoms with Crippen molar-refractivity contribution in [3.63, 3.8) is 0 Å². The number of hydrogen-bond donors (Lipinski definition) is 1. The molecule has 0 radical (unpaired) electrons. The summed E-state index contributed by atoms with van der Waals surface area (Å²) in [6, 6.07) is 5.97. The highest BCUT2D eigenvalue weighted by atomic mass is 79.9. The summed E-state index contributed by atoms with van der Waals surface area (Å²) in [4.78, 5) is 11.0. The molecule has 0 saturated carbocycles. The first kappa shape index (κ1) is 15.2. The number of aryl methyl sites for hydroxylation is 1. The largest absolute Gasteiger partial charge is 0.326 e.